The molecule has 12 heavy (non-hydrogen) atoms. The molecule has 62 valence electrons. The molecule has 0 saturated heterocycles. The van der Waals surface area contributed by atoms with Crippen LogP contribution in [0.15, 0.2) is 24.8 Å². The molecule has 0 bridgehead atoms. The number of hydrogen-bond donors (Lipinski definition) is 0. The van der Waals surface area contributed by atoms with Crippen molar-refractivity contribution in [2.75, 3.05) is 0 Å². The van der Waals surface area contributed by atoms with E-state index >= 15 is 0 Å². The summed E-state index contributed by atoms with van der Waals surface area (Å²) in [7, 11) is 0. The molecular formula is C11H12O. The minimum atomic E-state index is 0.114. The van der Waals surface area contributed by atoms with Crippen LogP contribution in [0.25, 0.3) is 6.08 Å². The summed E-state index contributed by atoms with van der Waals surface area (Å²) in [5.74, 6) is 0.114. The zero-order chi connectivity index (χ0) is 9.14. The molecule has 1 heteroatoms. The van der Waals surface area contributed by atoms with Crippen molar-refractivity contribution in [3.8, 4) is 0 Å². The molecule has 0 aliphatic rings. The normalized spacial score (nSPS) is 9.50. The smallest absolute Gasteiger partial charge is 0.160 e. The SMILES string of the molecule is C=Cc1ccc(C(C)=O)c(C)c1. The van der Waals surface area contributed by atoms with Crippen LogP contribution in [0.1, 0.15) is 28.4 Å². The van der Waals surface area contributed by atoms with Gasteiger partial charge in [0.1, 0.15) is 0 Å². The zero-order valence-corrected chi connectivity index (χ0v) is 7.42. The van der Waals surface area contributed by atoms with Gasteiger partial charge in [0.15, 0.2) is 5.78 Å². The van der Waals surface area contributed by atoms with E-state index in [1.807, 2.05) is 25.1 Å². The predicted octanol–water partition coefficient (Wildman–Crippen LogP) is 2.84. The maximum Gasteiger partial charge on any atom is 0.160 e. The van der Waals surface area contributed by atoms with Crippen LogP contribution in [0, 0.1) is 6.92 Å². The lowest BCUT2D eigenvalue weighted by Gasteiger charge is -2.01. The number of benzene rings is 1. The van der Waals surface area contributed by atoms with Crippen molar-refractivity contribution in [3.05, 3.63) is 41.5 Å². The molecule has 0 atom stereocenters. The van der Waals surface area contributed by atoms with E-state index in [-0.39, 0.29) is 5.78 Å². The van der Waals surface area contributed by atoms with Crippen LogP contribution in [-0.2, 0) is 0 Å². The highest BCUT2D eigenvalue weighted by Crippen LogP contribution is 2.12. The summed E-state index contributed by atoms with van der Waals surface area (Å²) in [6, 6.07) is 5.70. The highest BCUT2D eigenvalue weighted by atomic mass is 16.1. The Morgan fingerprint density at radius 2 is 2.17 bits per heavy atom. The van der Waals surface area contributed by atoms with Crippen LogP contribution in [0.5, 0.6) is 0 Å². The first-order valence-electron chi connectivity index (χ1n) is 3.89. The largest absolute Gasteiger partial charge is 0.295 e. The second-order valence-corrected chi connectivity index (χ2v) is 2.83. The average Bonchev–Trinajstić information content (AvgIpc) is 2.03. The summed E-state index contributed by atoms with van der Waals surface area (Å²) in [5, 5.41) is 0. The fourth-order valence-electron chi connectivity index (χ4n) is 1.21. The van der Waals surface area contributed by atoms with Gasteiger partial charge in [0.25, 0.3) is 0 Å². The van der Waals surface area contributed by atoms with Crippen molar-refractivity contribution < 1.29 is 4.79 Å². The van der Waals surface area contributed by atoms with Crippen molar-refractivity contribution in [1.82, 2.24) is 0 Å². The van der Waals surface area contributed by atoms with Gasteiger partial charge in [-0.05, 0) is 25.0 Å². The Morgan fingerprint density at radius 3 is 2.58 bits per heavy atom. The number of rotatable bonds is 2. The lowest BCUT2D eigenvalue weighted by molar-refractivity contribution is 0.101. The van der Waals surface area contributed by atoms with Gasteiger partial charge in [-0.2, -0.15) is 0 Å². The molecule has 0 fully saturated rings. The molecule has 0 amide bonds. The lowest BCUT2D eigenvalue weighted by Crippen LogP contribution is -1.95. The molecule has 0 aliphatic carbocycles. The maximum atomic E-state index is 11.0. The molecular weight excluding hydrogens is 148 g/mol. The van der Waals surface area contributed by atoms with E-state index in [4.69, 9.17) is 0 Å². The predicted molar refractivity (Wildman–Crippen MR) is 51.3 cm³/mol. The number of carbonyl (C=O) groups is 1. The van der Waals surface area contributed by atoms with Gasteiger partial charge in [0.05, 0.1) is 0 Å². The highest BCUT2D eigenvalue weighted by Gasteiger charge is 2.02. The standard InChI is InChI=1S/C11H12O/c1-4-10-5-6-11(9(3)12)8(2)7-10/h4-7H,1H2,2-3H3. The van der Waals surface area contributed by atoms with Crippen LogP contribution >= 0.6 is 0 Å². The van der Waals surface area contributed by atoms with Crippen molar-refractivity contribution in [2.24, 2.45) is 0 Å². The van der Waals surface area contributed by atoms with Gasteiger partial charge >= 0.3 is 0 Å². The van der Waals surface area contributed by atoms with Gasteiger partial charge in [-0.15, -0.1) is 0 Å². The van der Waals surface area contributed by atoms with E-state index in [9.17, 15) is 4.79 Å². The number of hydrogen-bond acceptors (Lipinski definition) is 1. The first-order valence-corrected chi connectivity index (χ1v) is 3.89. The molecule has 0 saturated carbocycles. The molecule has 0 heterocycles. The van der Waals surface area contributed by atoms with Gasteiger partial charge in [-0.1, -0.05) is 30.9 Å². The molecule has 0 radical (unpaired) electrons. The Bertz CT molecular complexity index is 324. The van der Waals surface area contributed by atoms with E-state index in [1.54, 1.807) is 13.0 Å². The molecule has 1 aromatic carbocycles. The molecule has 0 aromatic heterocycles. The minimum Gasteiger partial charge on any atom is -0.295 e. The Balaban J connectivity index is 3.20. The van der Waals surface area contributed by atoms with Crippen molar-refractivity contribution in [3.63, 3.8) is 0 Å². The first-order chi connectivity index (χ1) is 5.65. The van der Waals surface area contributed by atoms with Crippen LogP contribution in [0.3, 0.4) is 0 Å². The third-order valence-corrected chi connectivity index (χ3v) is 1.87. The Hall–Kier alpha value is -1.37. The van der Waals surface area contributed by atoms with E-state index in [0.29, 0.717) is 0 Å². The van der Waals surface area contributed by atoms with E-state index in [2.05, 4.69) is 6.58 Å². The average molecular weight is 160 g/mol. The molecule has 0 aliphatic heterocycles. The number of ketones is 1. The summed E-state index contributed by atoms with van der Waals surface area (Å²) in [6.45, 7) is 7.18. The van der Waals surface area contributed by atoms with E-state index in [0.717, 1.165) is 16.7 Å². The third kappa shape index (κ3) is 1.62. The fourth-order valence-corrected chi connectivity index (χ4v) is 1.21. The van der Waals surface area contributed by atoms with Crippen LogP contribution in [0.4, 0.5) is 0 Å². The molecule has 0 N–H and O–H groups in total. The summed E-state index contributed by atoms with van der Waals surface area (Å²) >= 11 is 0. The van der Waals surface area contributed by atoms with Crippen molar-refractivity contribution in [1.29, 1.82) is 0 Å². The second-order valence-electron chi connectivity index (χ2n) is 2.83. The molecule has 1 aromatic rings. The monoisotopic (exact) mass is 160 g/mol. The quantitative estimate of drug-likeness (QED) is 0.608. The first kappa shape index (κ1) is 8.72. The van der Waals surface area contributed by atoms with Crippen molar-refractivity contribution >= 4 is 11.9 Å². The Morgan fingerprint density at radius 1 is 1.50 bits per heavy atom. The van der Waals surface area contributed by atoms with Gasteiger partial charge in [0, 0.05) is 5.56 Å². The molecule has 0 unspecified atom stereocenters. The highest BCUT2D eigenvalue weighted by molar-refractivity contribution is 5.95. The number of Topliss-reactive ketones (excluding diaryl/α,β-unsaturated/α-hetero) is 1. The maximum absolute atomic E-state index is 11.0. The zero-order valence-electron chi connectivity index (χ0n) is 7.42. The summed E-state index contributed by atoms with van der Waals surface area (Å²) in [6.07, 6.45) is 1.77. The Kier molecular flexibility index (Phi) is 2.44. The number of carbonyl (C=O) groups excluding carboxylic acids is 1. The summed E-state index contributed by atoms with van der Waals surface area (Å²) in [4.78, 5) is 11.0. The number of aryl methyl sites for hydroxylation is 1. The van der Waals surface area contributed by atoms with Crippen molar-refractivity contribution in [2.45, 2.75) is 13.8 Å². The van der Waals surface area contributed by atoms with Crippen LogP contribution < -0.4 is 0 Å². The van der Waals surface area contributed by atoms with Gasteiger partial charge in [-0.25, -0.2) is 0 Å². The second kappa shape index (κ2) is 3.35. The van der Waals surface area contributed by atoms with Gasteiger partial charge in [-0.3, -0.25) is 4.79 Å². The van der Waals surface area contributed by atoms with Gasteiger partial charge in [0.2, 0.25) is 0 Å². The van der Waals surface area contributed by atoms with E-state index < -0.39 is 0 Å². The molecule has 1 rings (SSSR count). The summed E-state index contributed by atoms with van der Waals surface area (Å²) in [5.41, 5.74) is 2.86. The van der Waals surface area contributed by atoms with E-state index in [1.165, 1.54) is 0 Å². The van der Waals surface area contributed by atoms with Crippen LogP contribution in [-0.4, -0.2) is 5.78 Å². The van der Waals surface area contributed by atoms with Crippen LogP contribution in [0.2, 0.25) is 0 Å². The topological polar surface area (TPSA) is 17.1 Å². The summed E-state index contributed by atoms with van der Waals surface area (Å²) < 4.78 is 0. The minimum absolute atomic E-state index is 0.114. The lowest BCUT2D eigenvalue weighted by atomic mass is 10.0. The Labute approximate surface area is 72.7 Å². The third-order valence-electron chi connectivity index (χ3n) is 1.87. The fraction of sp³-hybridized carbons (Fsp3) is 0.182. The van der Waals surface area contributed by atoms with Gasteiger partial charge < -0.3 is 0 Å². The molecule has 1 nitrogen and oxygen atoms in total. The molecule has 0 spiro atoms.